The first kappa shape index (κ1) is 31.2. The minimum atomic E-state index is -0.670. The lowest BCUT2D eigenvalue weighted by atomic mass is 10.2. The van der Waals surface area contributed by atoms with Crippen molar-refractivity contribution in [3.63, 3.8) is 0 Å². The van der Waals surface area contributed by atoms with Crippen LogP contribution >= 0.6 is 0 Å². The molecule has 0 unspecified atom stereocenters. The van der Waals surface area contributed by atoms with Crippen LogP contribution < -0.4 is 20.2 Å². The summed E-state index contributed by atoms with van der Waals surface area (Å²) in [6.07, 6.45) is 1.14. The average Bonchev–Trinajstić information content (AvgIpc) is 3.66. The van der Waals surface area contributed by atoms with Gasteiger partial charge in [-0.1, -0.05) is 0 Å². The molecule has 0 aliphatic carbocycles. The normalized spacial score (nSPS) is 10.9. The number of nitrogens with zero attached hydrogens (tertiary/aromatic N) is 3. The number of furan rings is 1. The van der Waals surface area contributed by atoms with Crippen molar-refractivity contribution in [2.45, 2.75) is 20.5 Å². The number of aryl methyl sites for hydroxylation is 2. The molecular formula is C33H28FN5O7. The molecule has 0 aliphatic rings. The first-order chi connectivity index (χ1) is 22.2. The fourth-order valence-electron chi connectivity index (χ4n) is 4.47. The molecule has 0 saturated heterocycles. The fraction of sp³-hybridized carbons (Fsp3) is 0.121. The number of nitro benzene ring substituents is 1. The number of benzene rings is 3. The van der Waals surface area contributed by atoms with Gasteiger partial charge in [0.05, 0.1) is 11.1 Å². The zero-order valence-electron chi connectivity index (χ0n) is 24.7. The van der Waals surface area contributed by atoms with Gasteiger partial charge in [-0.05, 0) is 92.7 Å². The highest BCUT2D eigenvalue weighted by molar-refractivity contribution is 5.93. The van der Waals surface area contributed by atoms with E-state index >= 15 is 0 Å². The SMILES string of the molecule is Cc1ccc(C)n1-c1ccc(OCc2ccc(C(=O)N/N=C/c3cc([N+](=O)[O-])ccc3OCC(=O)Nc3ccc(F)cc3)o2)cc1. The van der Waals surface area contributed by atoms with E-state index in [1.807, 2.05) is 38.1 Å². The molecule has 3 aromatic carbocycles. The maximum absolute atomic E-state index is 13.1. The van der Waals surface area contributed by atoms with Crippen LogP contribution in [0.25, 0.3) is 5.69 Å². The molecular weight excluding hydrogens is 597 g/mol. The number of non-ortho nitro benzene ring substituents is 1. The molecule has 46 heavy (non-hydrogen) atoms. The van der Waals surface area contributed by atoms with Crippen molar-refractivity contribution in [2.75, 3.05) is 11.9 Å². The number of hydrogen-bond donors (Lipinski definition) is 2. The number of halogens is 1. The highest BCUT2D eigenvalue weighted by Gasteiger charge is 2.14. The summed E-state index contributed by atoms with van der Waals surface area (Å²) in [7, 11) is 0. The first-order valence-corrected chi connectivity index (χ1v) is 13.9. The first-order valence-electron chi connectivity index (χ1n) is 13.9. The number of carbonyl (C=O) groups is 2. The van der Waals surface area contributed by atoms with Crippen LogP contribution in [0.5, 0.6) is 11.5 Å². The highest BCUT2D eigenvalue weighted by Crippen LogP contribution is 2.24. The van der Waals surface area contributed by atoms with Crippen LogP contribution in [-0.2, 0) is 11.4 Å². The van der Waals surface area contributed by atoms with Gasteiger partial charge in [-0.3, -0.25) is 19.7 Å². The number of ether oxygens (including phenoxy) is 2. The van der Waals surface area contributed by atoms with Gasteiger partial charge in [-0.15, -0.1) is 0 Å². The average molecular weight is 626 g/mol. The minimum Gasteiger partial charge on any atom is -0.486 e. The fourth-order valence-corrected chi connectivity index (χ4v) is 4.47. The Hall–Kier alpha value is -6.24. The van der Waals surface area contributed by atoms with Crippen molar-refractivity contribution in [3.05, 3.63) is 135 Å². The quantitative estimate of drug-likeness (QED) is 0.0967. The Morgan fingerprint density at radius 3 is 2.37 bits per heavy atom. The van der Waals surface area contributed by atoms with Gasteiger partial charge in [0, 0.05) is 40.5 Å². The number of aromatic nitrogens is 1. The molecule has 13 heteroatoms. The predicted octanol–water partition coefficient (Wildman–Crippen LogP) is 6.09. The van der Waals surface area contributed by atoms with Gasteiger partial charge in [-0.25, -0.2) is 9.82 Å². The van der Waals surface area contributed by atoms with Crippen LogP contribution in [0, 0.1) is 29.8 Å². The van der Waals surface area contributed by atoms with Gasteiger partial charge >= 0.3 is 5.91 Å². The van der Waals surface area contributed by atoms with Crippen LogP contribution in [0.2, 0.25) is 0 Å². The zero-order valence-corrected chi connectivity index (χ0v) is 24.7. The smallest absolute Gasteiger partial charge is 0.307 e. The minimum absolute atomic E-state index is 0.0300. The van der Waals surface area contributed by atoms with Crippen molar-refractivity contribution in [2.24, 2.45) is 5.10 Å². The molecule has 0 aliphatic heterocycles. The molecule has 0 atom stereocenters. The molecule has 5 rings (SSSR count). The lowest BCUT2D eigenvalue weighted by molar-refractivity contribution is -0.384. The van der Waals surface area contributed by atoms with Gasteiger partial charge in [-0.2, -0.15) is 5.10 Å². The van der Waals surface area contributed by atoms with Crippen LogP contribution in [-0.4, -0.2) is 34.1 Å². The van der Waals surface area contributed by atoms with E-state index in [-0.39, 0.29) is 29.4 Å². The number of rotatable bonds is 12. The van der Waals surface area contributed by atoms with Crippen molar-refractivity contribution in [1.82, 2.24) is 9.99 Å². The lowest BCUT2D eigenvalue weighted by Crippen LogP contribution is -2.20. The monoisotopic (exact) mass is 625 g/mol. The van der Waals surface area contributed by atoms with Gasteiger partial charge in [0.15, 0.2) is 12.4 Å². The molecule has 0 bridgehead atoms. The Morgan fingerprint density at radius 2 is 1.67 bits per heavy atom. The van der Waals surface area contributed by atoms with E-state index in [9.17, 15) is 24.1 Å². The third-order valence-electron chi connectivity index (χ3n) is 6.69. The summed E-state index contributed by atoms with van der Waals surface area (Å²) in [5, 5.41) is 17.7. The predicted molar refractivity (Wildman–Crippen MR) is 167 cm³/mol. The van der Waals surface area contributed by atoms with Crippen LogP contribution in [0.15, 0.2) is 101 Å². The van der Waals surface area contributed by atoms with Gasteiger partial charge < -0.3 is 23.8 Å². The molecule has 2 aromatic heterocycles. The molecule has 234 valence electrons. The summed E-state index contributed by atoms with van der Waals surface area (Å²) in [6.45, 7) is 3.71. The van der Waals surface area contributed by atoms with Crippen LogP contribution in [0.3, 0.4) is 0 Å². The molecule has 12 nitrogen and oxygen atoms in total. The van der Waals surface area contributed by atoms with Crippen LogP contribution in [0.4, 0.5) is 15.8 Å². The number of amides is 2. The van der Waals surface area contributed by atoms with E-state index in [2.05, 4.69) is 32.5 Å². The van der Waals surface area contributed by atoms with Crippen molar-refractivity contribution in [3.8, 4) is 17.2 Å². The van der Waals surface area contributed by atoms with E-state index in [1.165, 1.54) is 48.5 Å². The Balaban J connectivity index is 1.16. The van der Waals surface area contributed by atoms with Gasteiger partial charge in [0.2, 0.25) is 0 Å². The third-order valence-corrected chi connectivity index (χ3v) is 6.69. The Morgan fingerprint density at radius 1 is 0.957 bits per heavy atom. The number of nitro groups is 1. The van der Waals surface area contributed by atoms with E-state index < -0.39 is 29.2 Å². The Labute approximate surface area is 262 Å². The molecule has 5 aromatic rings. The highest BCUT2D eigenvalue weighted by atomic mass is 19.1. The number of anilines is 1. The van der Waals surface area contributed by atoms with Crippen molar-refractivity contribution in [1.29, 1.82) is 0 Å². The molecule has 2 amide bonds. The van der Waals surface area contributed by atoms with E-state index in [1.54, 1.807) is 6.07 Å². The zero-order chi connectivity index (χ0) is 32.6. The summed E-state index contributed by atoms with van der Waals surface area (Å²) >= 11 is 0. The number of carbonyl (C=O) groups excluding carboxylic acids is 2. The standard InChI is InChI=1S/C33H28FN5O7/c1-21-3-4-22(2)38(21)26-9-12-28(13-10-26)44-19-29-14-16-31(46-29)33(41)37-35-18-23-17-27(39(42)43)11-15-30(23)45-20-32(40)36-25-7-5-24(34)6-8-25/h3-18H,19-20H2,1-2H3,(H,36,40)(H,37,41)/b35-18+. The molecule has 0 fully saturated rings. The second kappa shape index (κ2) is 14.0. The summed E-state index contributed by atoms with van der Waals surface area (Å²) in [5.74, 6) is -0.563. The lowest BCUT2D eigenvalue weighted by Gasteiger charge is -2.10. The maximum Gasteiger partial charge on any atom is 0.307 e. The van der Waals surface area contributed by atoms with Gasteiger partial charge in [0.1, 0.15) is 29.7 Å². The number of nitrogens with one attached hydrogen (secondary N) is 2. The Bertz CT molecular complexity index is 1880. The largest absolute Gasteiger partial charge is 0.486 e. The van der Waals surface area contributed by atoms with E-state index in [0.29, 0.717) is 17.2 Å². The molecule has 2 heterocycles. The molecule has 0 spiro atoms. The summed E-state index contributed by atoms with van der Waals surface area (Å²) in [6, 6.07) is 23.6. The second-order valence-electron chi connectivity index (χ2n) is 10.0. The number of hydrazone groups is 1. The second-order valence-corrected chi connectivity index (χ2v) is 10.0. The van der Waals surface area contributed by atoms with Gasteiger partial charge in [0.25, 0.3) is 11.6 Å². The van der Waals surface area contributed by atoms with Crippen molar-refractivity contribution < 1.29 is 32.8 Å². The van der Waals surface area contributed by atoms with Crippen molar-refractivity contribution >= 4 is 29.4 Å². The van der Waals surface area contributed by atoms with Crippen LogP contribution in [0.1, 0.15) is 33.3 Å². The van der Waals surface area contributed by atoms with E-state index in [4.69, 9.17) is 13.9 Å². The molecule has 0 saturated carbocycles. The summed E-state index contributed by atoms with van der Waals surface area (Å²) in [5.41, 5.74) is 5.80. The summed E-state index contributed by atoms with van der Waals surface area (Å²) in [4.78, 5) is 35.6. The maximum atomic E-state index is 13.1. The summed E-state index contributed by atoms with van der Waals surface area (Å²) < 4.78 is 32.1. The molecule has 2 N–H and O–H groups in total. The third kappa shape index (κ3) is 7.82. The number of hydrogen-bond acceptors (Lipinski definition) is 8. The molecule has 0 radical (unpaired) electrons. The Kier molecular flexibility index (Phi) is 9.51. The topological polar surface area (TPSA) is 150 Å². The van der Waals surface area contributed by atoms with E-state index in [0.717, 1.165) is 23.3 Å².